The Kier molecular flexibility index (Phi) is 3.95. The highest BCUT2D eigenvalue weighted by atomic mass is 16.5. The molecule has 0 spiro atoms. The molecule has 94 valence electrons. The van der Waals surface area contributed by atoms with Crippen LogP contribution in [0.15, 0.2) is 42.6 Å². The Morgan fingerprint density at radius 3 is 2.67 bits per heavy atom. The van der Waals surface area contributed by atoms with Gasteiger partial charge in [0.1, 0.15) is 5.75 Å². The summed E-state index contributed by atoms with van der Waals surface area (Å²) >= 11 is 0. The fourth-order valence-electron chi connectivity index (χ4n) is 2.15. The van der Waals surface area contributed by atoms with Crippen LogP contribution in [0.5, 0.6) is 5.75 Å². The van der Waals surface area contributed by atoms with E-state index in [0.29, 0.717) is 0 Å². The molecule has 0 aliphatic rings. The van der Waals surface area contributed by atoms with Gasteiger partial charge in [0.25, 0.3) is 0 Å². The number of ether oxygens (including phenoxy) is 1. The number of benzene rings is 1. The molecule has 0 aliphatic heterocycles. The predicted molar refractivity (Wildman–Crippen MR) is 72.9 cm³/mol. The number of nitrogens with one attached hydrogen (secondary N) is 1. The summed E-state index contributed by atoms with van der Waals surface area (Å²) in [5.41, 5.74) is 3.34. The molecule has 0 fully saturated rings. The Labute approximate surface area is 108 Å². The van der Waals surface area contributed by atoms with Gasteiger partial charge in [-0.1, -0.05) is 18.2 Å². The number of rotatable bonds is 4. The van der Waals surface area contributed by atoms with Crippen LogP contribution in [0.4, 0.5) is 0 Å². The fraction of sp³-hybridized carbons (Fsp3) is 0.267. The van der Waals surface area contributed by atoms with Crippen LogP contribution in [0.2, 0.25) is 0 Å². The maximum absolute atomic E-state index is 5.42. The van der Waals surface area contributed by atoms with Gasteiger partial charge in [-0.3, -0.25) is 4.98 Å². The highest BCUT2D eigenvalue weighted by Crippen LogP contribution is 2.29. The second-order valence-corrected chi connectivity index (χ2v) is 4.19. The summed E-state index contributed by atoms with van der Waals surface area (Å²) in [6.07, 6.45) is 1.84. The topological polar surface area (TPSA) is 34.2 Å². The molecule has 0 amide bonds. The van der Waals surface area contributed by atoms with Gasteiger partial charge in [0.2, 0.25) is 0 Å². The maximum Gasteiger partial charge on any atom is 0.123 e. The minimum atomic E-state index is 0.114. The highest BCUT2D eigenvalue weighted by Gasteiger charge is 2.16. The van der Waals surface area contributed by atoms with Gasteiger partial charge in [-0.15, -0.1) is 0 Å². The van der Waals surface area contributed by atoms with E-state index in [1.807, 2.05) is 44.4 Å². The largest absolute Gasteiger partial charge is 0.496 e. The van der Waals surface area contributed by atoms with Crippen LogP contribution in [0.3, 0.4) is 0 Å². The lowest BCUT2D eigenvalue weighted by Crippen LogP contribution is -2.18. The van der Waals surface area contributed by atoms with Crippen molar-refractivity contribution in [1.29, 1.82) is 0 Å². The van der Waals surface area contributed by atoms with E-state index in [0.717, 1.165) is 17.0 Å². The van der Waals surface area contributed by atoms with Gasteiger partial charge in [-0.2, -0.15) is 0 Å². The van der Waals surface area contributed by atoms with Gasteiger partial charge < -0.3 is 10.1 Å². The van der Waals surface area contributed by atoms with Gasteiger partial charge in [-0.25, -0.2) is 0 Å². The third kappa shape index (κ3) is 2.51. The average Bonchev–Trinajstić information content (AvgIpc) is 2.40. The van der Waals surface area contributed by atoms with Crippen LogP contribution >= 0.6 is 0 Å². The summed E-state index contributed by atoms with van der Waals surface area (Å²) in [5, 5.41) is 3.33. The van der Waals surface area contributed by atoms with Crippen LogP contribution < -0.4 is 10.1 Å². The Morgan fingerprint density at radius 2 is 2.00 bits per heavy atom. The van der Waals surface area contributed by atoms with Gasteiger partial charge in [-0.05, 0) is 37.7 Å². The van der Waals surface area contributed by atoms with E-state index >= 15 is 0 Å². The molecule has 1 atom stereocenters. The Bertz CT molecular complexity index is 525. The summed E-state index contributed by atoms with van der Waals surface area (Å²) < 4.78 is 5.42. The Balaban J connectivity index is 2.45. The quantitative estimate of drug-likeness (QED) is 0.895. The lowest BCUT2D eigenvalue weighted by molar-refractivity contribution is 0.405. The Hall–Kier alpha value is -1.87. The number of hydrogen-bond donors (Lipinski definition) is 1. The van der Waals surface area contributed by atoms with E-state index in [1.54, 1.807) is 7.11 Å². The summed E-state index contributed by atoms with van der Waals surface area (Å²) in [7, 11) is 3.65. The van der Waals surface area contributed by atoms with Crippen molar-refractivity contribution in [2.45, 2.75) is 13.0 Å². The highest BCUT2D eigenvalue weighted by molar-refractivity contribution is 5.41. The predicted octanol–water partition coefficient (Wildman–Crippen LogP) is 2.71. The molecular weight excluding hydrogens is 224 g/mol. The first kappa shape index (κ1) is 12.6. The molecule has 18 heavy (non-hydrogen) atoms. The molecule has 0 aliphatic carbocycles. The number of methoxy groups -OCH3 is 1. The second-order valence-electron chi connectivity index (χ2n) is 4.19. The van der Waals surface area contributed by atoms with Crippen molar-refractivity contribution in [1.82, 2.24) is 10.3 Å². The zero-order chi connectivity index (χ0) is 13.0. The molecule has 1 N–H and O–H groups in total. The molecule has 2 rings (SSSR count). The van der Waals surface area contributed by atoms with Crippen molar-refractivity contribution in [3.8, 4) is 5.75 Å². The zero-order valence-electron chi connectivity index (χ0n) is 11.0. The first-order chi connectivity index (χ1) is 8.76. The maximum atomic E-state index is 5.42. The molecule has 0 saturated carbocycles. The van der Waals surface area contributed by atoms with E-state index in [4.69, 9.17) is 4.74 Å². The molecule has 1 aromatic carbocycles. The fourth-order valence-corrected chi connectivity index (χ4v) is 2.15. The van der Waals surface area contributed by atoms with Crippen molar-refractivity contribution in [3.05, 3.63) is 59.4 Å². The van der Waals surface area contributed by atoms with E-state index in [-0.39, 0.29) is 6.04 Å². The molecule has 1 heterocycles. The summed E-state index contributed by atoms with van der Waals surface area (Å²) in [6.45, 7) is 2.00. The minimum Gasteiger partial charge on any atom is -0.496 e. The lowest BCUT2D eigenvalue weighted by atomic mass is 9.98. The summed E-state index contributed by atoms with van der Waals surface area (Å²) in [4.78, 5) is 4.23. The van der Waals surface area contributed by atoms with E-state index in [2.05, 4.69) is 22.4 Å². The van der Waals surface area contributed by atoms with Crippen LogP contribution in [-0.2, 0) is 0 Å². The van der Waals surface area contributed by atoms with Crippen molar-refractivity contribution in [2.75, 3.05) is 14.2 Å². The number of nitrogens with zero attached hydrogens (tertiary/aromatic N) is 1. The number of para-hydroxylation sites is 1. The number of aryl methyl sites for hydroxylation is 1. The standard InChI is InChI=1S/C15H18N2O/c1-11-10-12(8-9-17-11)15(16-2)13-6-4-5-7-14(13)18-3/h4-10,15-16H,1-3H3. The molecule has 0 saturated heterocycles. The van der Waals surface area contributed by atoms with Crippen LogP contribution in [0.25, 0.3) is 0 Å². The molecule has 0 bridgehead atoms. The third-order valence-corrected chi connectivity index (χ3v) is 2.99. The van der Waals surface area contributed by atoms with Crippen molar-refractivity contribution in [2.24, 2.45) is 0 Å². The van der Waals surface area contributed by atoms with Gasteiger partial charge >= 0.3 is 0 Å². The first-order valence-corrected chi connectivity index (χ1v) is 5.99. The summed E-state index contributed by atoms with van der Waals surface area (Å²) in [5.74, 6) is 0.895. The third-order valence-electron chi connectivity index (χ3n) is 2.99. The van der Waals surface area contributed by atoms with Crippen molar-refractivity contribution < 1.29 is 4.74 Å². The molecule has 3 heteroatoms. The van der Waals surface area contributed by atoms with Crippen LogP contribution in [0.1, 0.15) is 22.9 Å². The lowest BCUT2D eigenvalue weighted by Gasteiger charge is -2.20. The molecule has 1 unspecified atom stereocenters. The smallest absolute Gasteiger partial charge is 0.123 e. The van der Waals surface area contributed by atoms with E-state index in [1.165, 1.54) is 5.56 Å². The van der Waals surface area contributed by atoms with Crippen molar-refractivity contribution >= 4 is 0 Å². The van der Waals surface area contributed by atoms with E-state index in [9.17, 15) is 0 Å². The van der Waals surface area contributed by atoms with Gasteiger partial charge in [0.15, 0.2) is 0 Å². The number of hydrogen-bond acceptors (Lipinski definition) is 3. The molecular formula is C15H18N2O. The SMILES string of the molecule is CNC(c1ccnc(C)c1)c1ccccc1OC. The molecule has 0 radical (unpaired) electrons. The van der Waals surface area contributed by atoms with Crippen molar-refractivity contribution in [3.63, 3.8) is 0 Å². The van der Waals surface area contributed by atoms with Crippen LogP contribution in [0, 0.1) is 6.92 Å². The van der Waals surface area contributed by atoms with Gasteiger partial charge in [0.05, 0.1) is 13.2 Å². The zero-order valence-corrected chi connectivity index (χ0v) is 11.0. The normalized spacial score (nSPS) is 12.2. The molecule has 2 aromatic rings. The molecule has 1 aromatic heterocycles. The second kappa shape index (κ2) is 5.65. The first-order valence-electron chi connectivity index (χ1n) is 5.99. The van der Waals surface area contributed by atoms with Crippen LogP contribution in [-0.4, -0.2) is 19.1 Å². The van der Waals surface area contributed by atoms with Gasteiger partial charge in [0, 0.05) is 17.5 Å². The summed E-state index contributed by atoms with van der Waals surface area (Å²) in [6, 6.07) is 12.3. The number of aromatic nitrogens is 1. The van der Waals surface area contributed by atoms with E-state index < -0.39 is 0 Å². The Morgan fingerprint density at radius 1 is 1.22 bits per heavy atom. The monoisotopic (exact) mass is 242 g/mol. The minimum absolute atomic E-state index is 0.114. The molecule has 3 nitrogen and oxygen atoms in total. The average molecular weight is 242 g/mol. The number of pyridine rings is 1.